The van der Waals surface area contributed by atoms with Crippen LogP contribution in [-0.4, -0.2) is 40.3 Å². The summed E-state index contributed by atoms with van der Waals surface area (Å²) in [6.45, 7) is 0. The summed E-state index contributed by atoms with van der Waals surface area (Å²) in [6.07, 6.45) is 9.04. The summed E-state index contributed by atoms with van der Waals surface area (Å²) >= 11 is 13.4. The second-order valence-corrected chi connectivity index (χ2v) is 10.5. The Balaban J connectivity index is 1.73. The van der Waals surface area contributed by atoms with Crippen molar-refractivity contribution in [1.29, 1.82) is 0 Å². The molecule has 4 rings (SSSR count). The number of hydrogen-bond acceptors (Lipinski definition) is 5. The molecule has 2 aliphatic rings. The molecule has 33 heavy (non-hydrogen) atoms. The van der Waals surface area contributed by atoms with Gasteiger partial charge >= 0.3 is 0 Å². The molecule has 6 nitrogen and oxygen atoms in total. The van der Waals surface area contributed by atoms with Crippen LogP contribution in [0.3, 0.4) is 0 Å². The fraction of sp³-hybridized carbons (Fsp3) is 0.542. The largest absolute Gasteiger partial charge is 0.497 e. The van der Waals surface area contributed by atoms with Crippen LogP contribution < -0.4 is 10.1 Å². The molecule has 0 saturated heterocycles. The molecule has 1 aromatic carbocycles. The molecule has 9 heteroatoms. The van der Waals surface area contributed by atoms with Crippen LogP contribution in [0.25, 0.3) is 0 Å². The Labute approximate surface area is 208 Å². The number of methoxy groups -OCH3 is 1. The molecule has 2 saturated carbocycles. The molecule has 2 fully saturated rings. The molecule has 1 N–H and O–H groups in total. The lowest BCUT2D eigenvalue weighted by Crippen LogP contribution is -2.50. The molecule has 1 heterocycles. The van der Waals surface area contributed by atoms with Crippen molar-refractivity contribution in [3.63, 3.8) is 0 Å². The number of rotatable bonds is 7. The van der Waals surface area contributed by atoms with Crippen molar-refractivity contribution in [2.24, 2.45) is 0 Å². The molecule has 2 aromatic rings. The van der Waals surface area contributed by atoms with E-state index in [9.17, 15) is 9.59 Å². The van der Waals surface area contributed by atoms with Crippen LogP contribution in [0.1, 0.15) is 79.9 Å². The number of carbonyl (C=O) groups is 2. The molecule has 2 amide bonds. The second-order valence-electron chi connectivity index (χ2n) is 8.79. The fourth-order valence-corrected chi connectivity index (χ4v) is 5.93. The van der Waals surface area contributed by atoms with Crippen molar-refractivity contribution in [3.05, 3.63) is 44.9 Å². The van der Waals surface area contributed by atoms with Gasteiger partial charge in [-0.2, -0.15) is 4.37 Å². The molecule has 1 aromatic heterocycles. The second kappa shape index (κ2) is 11.1. The average molecular weight is 510 g/mol. The summed E-state index contributed by atoms with van der Waals surface area (Å²) in [5.74, 6) is 0.178. The van der Waals surface area contributed by atoms with Gasteiger partial charge in [0.1, 0.15) is 21.2 Å². The van der Waals surface area contributed by atoms with Gasteiger partial charge in [-0.05, 0) is 54.9 Å². The number of hydrogen-bond donors (Lipinski definition) is 1. The Morgan fingerprint density at radius 3 is 2.27 bits per heavy atom. The van der Waals surface area contributed by atoms with E-state index in [1.807, 2.05) is 24.3 Å². The molecule has 1 atom stereocenters. The molecule has 0 aliphatic heterocycles. The summed E-state index contributed by atoms with van der Waals surface area (Å²) in [7, 11) is 1.60. The number of amides is 2. The average Bonchev–Trinajstić information content (AvgIpc) is 3.48. The van der Waals surface area contributed by atoms with Gasteiger partial charge in [-0.15, -0.1) is 0 Å². The Kier molecular flexibility index (Phi) is 8.15. The number of ether oxygens (including phenoxy) is 1. The van der Waals surface area contributed by atoms with Crippen molar-refractivity contribution in [3.8, 4) is 5.75 Å². The van der Waals surface area contributed by atoms with E-state index in [4.69, 9.17) is 27.9 Å². The van der Waals surface area contributed by atoms with Gasteiger partial charge < -0.3 is 15.0 Å². The topological polar surface area (TPSA) is 71.5 Å². The monoisotopic (exact) mass is 509 g/mol. The summed E-state index contributed by atoms with van der Waals surface area (Å²) in [5.41, 5.74) is 0.851. The van der Waals surface area contributed by atoms with Crippen LogP contribution in [0.4, 0.5) is 0 Å². The molecule has 0 spiro atoms. The third kappa shape index (κ3) is 5.47. The number of nitrogens with zero attached hydrogens (tertiary/aromatic N) is 2. The molecule has 0 bridgehead atoms. The molecule has 1 unspecified atom stereocenters. The number of halogens is 2. The molecular formula is C24H29Cl2N3O3S. The van der Waals surface area contributed by atoms with Gasteiger partial charge in [0.15, 0.2) is 5.69 Å². The van der Waals surface area contributed by atoms with Crippen molar-refractivity contribution < 1.29 is 14.3 Å². The lowest BCUT2D eigenvalue weighted by molar-refractivity contribution is -0.127. The minimum Gasteiger partial charge on any atom is -0.497 e. The number of carbonyl (C=O) groups excluding carboxylic acids is 2. The van der Waals surface area contributed by atoms with Gasteiger partial charge in [-0.3, -0.25) is 9.59 Å². The first-order valence-electron chi connectivity index (χ1n) is 11.6. The minimum atomic E-state index is -0.787. The third-order valence-electron chi connectivity index (χ3n) is 6.66. The zero-order valence-electron chi connectivity index (χ0n) is 18.7. The van der Waals surface area contributed by atoms with Crippen LogP contribution >= 0.6 is 34.7 Å². The SMILES string of the molecule is COc1ccc(C(C(=O)NC2CCCCC2)N(C(=O)c2nsc(Cl)c2Cl)C2CCCC2)cc1. The van der Waals surface area contributed by atoms with Gasteiger partial charge in [0, 0.05) is 12.1 Å². The Hall–Kier alpha value is -1.83. The predicted molar refractivity (Wildman–Crippen MR) is 131 cm³/mol. The highest BCUT2D eigenvalue weighted by Gasteiger charge is 2.40. The van der Waals surface area contributed by atoms with E-state index < -0.39 is 6.04 Å². The number of aromatic nitrogens is 1. The lowest BCUT2D eigenvalue weighted by atomic mass is 9.94. The van der Waals surface area contributed by atoms with Gasteiger partial charge in [0.2, 0.25) is 5.91 Å². The normalized spacial score (nSPS) is 18.2. The maximum absolute atomic E-state index is 13.8. The van der Waals surface area contributed by atoms with Gasteiger partial charge in [-0.25, -0.2) is 0 Å². The van der Waals surface area contributed by atoms with E-state index >= 15 is 0 Å². The Bertz CT molecular complexity index is 970. The van der Waals surface area contributed by atoms with Gasteiger partial charge in [0.25, 0.3) is 5.91 Å². The first kappa shape index (κ1) is 24.3. The zero-order valence-corrected chi connectivity index (χ0v) is 21.0. The van der Waals surface area contributed by atoms with Crippen LogP contribution in [0.2, 0.25) is 9.36 Å². The lowest BCUT2D eigenvalue weighted by Gasteiger charge is -2.37. The highest BCUT2D eigenvalue weighted by Crippen LogP contribution is 2.37. The molecule has 178 valence electrons. The van der Waals surface area contributed by atoms with Gasteiger partial charge in [-0.1, -0.05) is 67.4 Å². The van der Waals surface area contributed by atoms with E-state index in [1.54, 1.807) is 12.0 Å². The van der Waals surface area contributed by atoms with Crippen molar-refractivity contribution >= 4 is 46.5 Å². The minimum absolute atomic E-state index is 0.0711. The highest BCUT2D eigenvalue weighted by atomic mass is 35.5. The van der Waals surface area contributed by atoms with Gasteiger partial charge in [0.05, 0.1) is 7.11 Å². The van der Waals surface area contributed by atoms with E-state index in [-0.39, 0.29) is 39.0 Å². The fourth-order valence-electron chi connectivity index (χ4n) is 4.94. The Morgan fingerprint density at radius 1 is 1.06 bits per heavy atom. The van der Waals surface area contributed by atoms with Crippen LogP contribution in [0.15, 0.2) is 24.3 Å². The maximum Gasteiger partial charge on any atom is 0.276 e. The smallest absolute Gasteiger partial charge is 0.276 e. The summed E-state index contributed by atoms with van der Waals surface area (Å²) in [5, 5.41) is 3.38. The van der Waals surface area contributed by atoms with E-state index in [0.717, 1.165) is 68.5 Å². The maximum atomic E-state index is 13.8. The number of benzene rings is 1. The van der Waals surface area contributed by atoms with Crippen molar-refractivity contribution in [2.45, 2.75) is 75.9 Å². The summed E-state index contributed by atoms with van der Waals surface area (Å²) < 4.78 is 9.80. The van der Waals surface area contributed by atoms with E-state index in [2.05, 4.69) is 9.69 Å². The molecule has 2 aliphatic carbocycles. The molecular weight excluding hydrogens is 481 g/mol. The predicted octanol–water partition coefficient (Wildman–Crippen LogP) is 6.03. The third-order valence-corrected chi connectivity index (χ3v) is 8.27. The first-order chi connectivity index (χ1) is 16.0. The summed E-state index contributed by atoms with van der Waals surface area (Å²) in [4.78, 5) is 29.3. The van der Waals surface area contributed by atoms with Crippen molar-refractivity contribution in [1.82, 2.24) is 14.6 Å². The first-order valence-corrected chi connectivity index (χ1v) is 13.1. The standard InChI is InChI=1S/C24H29Cl2N3O3S/c1-32-18-13-11-15(12-14-18)21(23(30)27-16-7-3-2-4-8-16)29(17-9-5-6-10-17)24(31)20-19(25)22(26)33-28-20/h11-14,16-17,21H,2-10H2,1H3,(H,27,30). The quantitative estimate of drug-likeness (QED) is 0.494. The van der Waals surface area contributed by atoms with Crippen molar-refractivity contribution in [2.75, 3.05) is 7.11 Å². The van der Waals surface area contributed by atoms with Crippen LogP contribution in [-0.2, 0) is 4.79 Å². The zero-order chi connectivity index (χ0) is 23.4. The molecule has 0 radical (unpaired) electrons. The van der Waals surface area contributed by atoms with Crippen LogP contribution in [0.5, 0.6) is 5.75 Å². The highest BCUT2D eigenvalue weighted by molar-refractivity contribution is 7.11. The van der Waals surface area contributed by atoms with E-state index in [1.165, 1.54) is 6.42 Å². The Morgan fingerprint density at radius 2 is 1.70 bits per heavy atom. The summed E-state index contributed by atoms with van der Waals surface area (Å²) in [6, 6.07) is 6.62. The number of nitrogens with one attached hydrogen (secondary N) is 1. The van der Waals surface area contributed by atoms with Crippen LogP contribution in [0, 0.1) is 0 Å². The van der Waals surface area contributed by atoms with E-state index in [0.29, 0.717) is 5.75 Å².